The number of rotatable bonds is 7. The molecule has 1 aliphatic rings. The van der Waals surface area contributed by atoms with Gasteiger partial charge in [-0.3, -0.25) is 4.68 Å². The van der Waals surface area contributed by atoms with Crippen molar-refractivity contribution in [1.82, 2.24) is 19.7 Å². The molecule has 35 heavy (non-hydrogen) atoms. The zero-order valence-corrected chi connectivity index (χ0v) is 20.6. The first-order valence-corrected chi connectivity index (χ1v) is 11.8. The zero-order chi connectivity index (χ0) is 24.4. The van der Waals surface area contributed by atoms with E-state index in [1.54, 1.807) is 20.5 Å². The summed E-state index contributed by atoms with van der Waals surface area (Å²) in [6.45, 7) is 1.89. The van der Waals surface area contributed by atoms with Crippen molar-refractivity contribution in [2.75, 3.05) is 49.9 Å². The normalized spacial score (nSPS) is 14.3. The van der Waals surface area contributed by atoms with Gasteiger partial charge in [0.25, 0.3) is 0 Å². The smallest absolute Gasteiger partial charge is 0.144 e. The van der Waals surface area contributed by atoms with Crippen LogP contribution in [0.25, 0.3) is 22.2 Å². The second kappa shape index (κ2) is 9.79. The average molecular weight is 474 g/mol. The third-order valence-electron chi connectivity index (χ3n) is 6.68. The van der Waals surface area contributed by atoms with Gasteiger partial charge in [-0.15, -0.1) is 0 Å². The zero-order valence-electron chi connectivity index (χ0n) is 20.6. The van der Waals surface area contributed by atoms with Gasteiger partial charge in [0.1, 0.15) is 17.9 Å². The predicted molar refractivity (Wildman–Crippen MR) is 140 cm³/mol. The number of benzene rings is 2. The van der Waals surface area contributed by atoms with Crippen LogP contribution in [-0.2, 0) is 11.8 Å². The highest BCUT2D eigenvalue weighted by Crippen LogP contribution is 2.39. The van der Waals surface area contributed by atoms with Gasteiger partial charge in [0.2, 0.25) is 0 Å². The van der Waals surface area contributed by atoms with Gasteiger partial charge in [-0.1, -0.05) is 12.1 Å². The SMILES string of the molecule is CNc1cc(Nc2cc(-c3ccc4cnn(C)c4c3)ncn2)c(OC)cc1N1CCC(OC)CC1. The van der Waals surface area contributed by atoms with Crippen LogP contribution < -0.4 is 20.3 Å². The summed E-state index contributed by atoms with van der Waals surface area (Å²) in [6.07, 6.45) is 5.79. The topological polar surface area (TPSA) is 89.4 Å². The molecule has 9 heteroatoms. The second-order valence-electron chi connectivity index (χ2n) is 8.70. The van der Waals surface area contributed by atoms with Crippen LogP contribution in [0.5, 0.6) is 5.75 Å². The summed E-state index contributed by atoms with van der Waals surface area (Å²) in [7, 11) is 7.36. The fraction of sp³-hybridized carbons (Fsp3) is 0.346. The number of anilines is 4. The summed E-state index contributed by atoms with van der Waals surface area (Å²) >= 11 is 0. The highest BCUT2D eigenvalue weighted by Gasteiger charge is 2.22. The molecule has 0 aliphatic carbocycles. The minimum atomic E-state index is 0.331. The Morgan fingerprint density at radius 1 is 1.00 bits per heavy atom. The number of methoxy groups -OCH3 is 2. The fourth-order valence-corrected chi connectivity index (χ4v) is 4.65. The molecule has 9 nitrogen and oxygen atoms in total. The van der Waals surface area contributed by atoms with Gasteiger partial charge in [0.15, 0.2) is 0 Å². The van der Waals surface area contributed by atoms with Crippen LogP contribution in [0.4, 0.5) is 22.9 Å². The number of piperidine rings is 1. The van der Waals surface area contributed by atoms with Gasteiger partial charge in [-0.25, -0.2) is 9.97 Å². The van der Waals surface area contributed by atoms with Crippen LogP contribution in [-0.4, -0.2) is 60.2 Å². The first-order valence-electron chi connectivity index (χ1n) is 11.8. The summed E-state index contributed by atoms with van der Waals surface area (Å²) in [4.78, 5) is 11.3. The largest absolute Gasteiger partial charge is 0.494 e. The van der Waals surface area contributed by atoms with Gasteiger partial charge in [0, 0.05) is 57.4 Å². The third kappa shape index (κ3) is 4.59. The van der Waals surface area contributed by atoms with Gasteiger partial charge >= 0.3 is 0 Å². The highest BCUT2D eigenvalue weighted by molar-refractivity contribution is 5.85. The number of aryl methyl sites for hydroxylation is 1. The minimum Gasteiger partial charge on any atom is -0.494 e. The maximum absolute atomic E-state index is 5.76. The Kier molecular flexibility index (Phi) is 6.41. The Morgan fingerprint density at radius 3 is 2.57 bits per heavy atom. The average Bonchev–Trinajstić information content (AvgIpc) is 3.28. The summed E-state index contributed by atoms with van der Waals surface area (Å²) in [6, 6.07) is 12.3. The molecule has 2 aromatic carbocycles. The van der Waals surface area contributed by atoms with Gasteiger partial charge in [0.05, 0.1) is 47.7 Å². The lowest BCUT2D eigenvalue weighted by atomic mass is 10.1. The van der Waals surface area contributed by atoms with Crippen molar-refractivity contribution < 1.29 is 9.47 Å². The first kappa shape index (κ1) is 22.9. The van der Waals surface area contributed by atoms with Gasteiger partial charge in [-0.05, 0) is 25.0 Å². The highest BCUT2D eigenvalue weighted by atomic mass is 16.5. The van der Waals surface area contributed by atoms with E-state index in [1.807, 2.05) is 31.0 Å². The Balaban J connectivity index is 1.43. The van der Waals surface area contributed by atoms with E-state index in [4.69, 9.17) is 9.47 Å². The monoisotopic (exact) mass is 473 g/mol. The number of nitrogens with one attached hydrogen (secondary N) is 2. The van der Waals surface area contributed by atoms with Crippen LogP contribution in [0.3, 0.4) is 0 Å². The number of nitrogens with zero attached hydrogens (tertiary/aromatic N) is 5. The molecule has 0 amide bonds. The minimum absolute atomic E-state index is 0.331. The molecule has 182 valence electrons. The molecule has 0 unspecified atom stereocenters. The van der Waals surface area contributed by atoms with E-state index in [-0.39, 0.29) is 0 Å². The molecule has 0 atom stereocenters. The first-order chi connectivity index (χ1) is 17.1. The maximum atomic E-state index is 5.76. The van der Waals surface area contributed by atoms with E-state index in [1.165, 1.54) is 0 Å². The molecular weight excluding hydrogens is 442 g/mol. The van der Waals surface area contributed by atoms with E-state index in [0.717, 1.165) is 70.9 Å². The molecule has 0 radical (unpaired) electrons. The van der Waals surface area contributed by atoms with Crippen molar-refractivity contribution in [2.24, 2.45) is 7.05 Å². The van der Waals surface area contributed by atoms with Gasteiger partial charge < -0.3 is 25.0 Å². The quantitative estimate of drug-likeness (QED) is 0.407. The summed E-state index contributed by atoms with van der Waals surface area (Å²) in [5.74, 6) is 1.44. The predicted octanol–water partition coefficient (Wildman–Crippen LogP) is 4.44. The van der Waals surface area contributed by atoms with Crippen molar-refractivity contribution in [3.05, 3.63) is 48.9 Å². The third-order valence-corrected chi connectivity index (χ3v) is 6.68. The van der Waals surface area contributed by atoms with Crippen LogP contribution in [0.2, 0.25) is 0 Å². The molecule has 1 fully saturated rings. The van der Waals surface area contributed by atoms with Crippen molar-refractivity contribution in [3.8, 4) is 17.0 Å². The Morgan fingerprint density at radius 2 is 1.83 bits per heavy atom. The standard InChI is InChI=1S/C26H31N7O2/c1-27-21-12-22(25(35-4)14-24(21)33-9-7-19(34-3)8-10-33)31-26-13-20(28-16-29-26)17-5-6-18-15-30-32(2)23(18)11-17/h5-6,11-16,19,27H,7-10H2,1-4H3,(H,28,29,31). The number of fused-ring (bicyclic) bond motifs is 1. The lowest BCUT2D eigenvalue weighted by molar-refractivity contribution is 0.0819. The van der Waals surface area contributed by atoms with E-state index in [9.17, 15) is 0 Å². The lowest BCUT2D eigenvalue weighted by Crippen LogP contribution is -2.37. The van der Waals surface area contributed by atoms with Crippen LogP contribution in [0.15, 0.2) is 48.9 Å². The molecule has 4 aromatic rings. The molecule has 0 saturated carbocycles. The summed E-state index contributed by atoms with van der Waals surface area (Å²) in [5, 5.41) is 12.2. The van der Waals surface area contributed by atoms with E-state index in [0.29, 0.717) is 11.9 Å². The van der Waals surface area contributed by atoms with Crippen LogP contribution in [0, 0.1) is 0 Å². The summed E-state index contributed by atoms with van der Waals surface area (Å²) in [5.41, 5.74) is 5.87. The Bertz CT molecular complexity index is 1330. The Hall–Kier alpha value is -3.85. The van der Waals surface area contributed by atoms with E-state index in [2.05, 4.69) is 60.9 Å². The number of hydrogen-bond acceptors (Lipinski definition) is 8. The number of hydrogen-bond donors (Lipinski definition) is 2. The van der Waals surface area contributed by atoms with Crippen LogP contribution in [0.1, 0.15) is 12.8 Å². The summed E-state index contributed by atoms with van der Waals surface area (Å²) < 4.78 is 13.2. The van der Waals surface area contributed by atoms with E-state index >= 15 is 0 Å². The van der Waals surface area contributed by atoms with Crippen molar-refractivity contribution in [3.63, 3.8) is 0 Å². The molecule has 2 aromatic heterocycles. The molecule has 0 bridgehead atoms. The molecule has 1 saturated heterocycles. The van der Waals surface area contributed by atoms with Crippen molar-refractivity contribution in [1.29, 1.82) is 0 Å². The maximum Gasteiger partial charge on any atom is 0.144 e. The lowest BCUT2D eigenvalue weighted by Gasteiger charge is -2.34. The van der Waals surface area contributed by atoms with Gasteiger partial charge in [-0.2, -0.15) is 5.10 Å². The molecule has 0 spiro atoms. The molecule has 2 N–H and O–H groups in total. The molecule has 5 rings (SSSR count). The number of aromatic nitrogens is 4. The van der Waals surface area contributed by atoms with E-state index < -0.39 is 0 Å². The van der Waals surface area contributed by atoms with Crippen LogP contribution >= 0.6 is 0 Å². The fourth-order valence-electron chi connectivity index (χ4n) is 4.65. The molecule has 3 heterocycles. The number of ether oxygens (including phenoxy) is 2. The second-order valence-corrected chi connectivity index (χ2v) is 8.70. The molecule has 1 aliphatic heterocycles. The van der Waals surface area contributed by atoms with Crippen molar-refractivity contribution >= 4 is 33.8 Å². The van der Waals surface area contributed by atoms with Crippen molar-refractivity contribution in [2.45, 2.75) is 18.9 Å². The molecular formula is C26H31N7O2. The Labute approximate surface area is 205 Å².